The number of hydrogen-bond acceptors (Lipinski definition) is 1. The average Bonchev–Trinajstić information content (AvgIpc) is 1.37. The maximum absolute atomic E-state index is 6.20. The molecule has 0 rings (SSSR count). The molecule has 0 aliphatic rings. The van der Waals surface area contributed by atoms with Crippen LogP contribution < -0.4 is 0 Å². The van der Waals surface area contributed by atoms with Gasteiger partial charge in [0.25, 0.3) is 0 Å². The first-order valence-electron chi connectivity index (χ1n) is 1.11. The topological polar surface area (TPSA) is 23.9 Å². The number of nitrogens with one attached hydrogen (secondary N) is 1. The third kappa shape index (κ3) is 1.73. The molecule has 1 nitrogen and oxygen atoms in total. The zero-order valence-electron chi connectivity index (χ0n) is 2.36. The predicted molar refractivity (Wildman–Crippen MR) is 19.3 cm³/mol. The van der Waals surface area contributed by atoms with Crippen molar-refractivity contribution in [3.63, 3.8) is 0 Å². The zero-order valence-corrected chi connectivity index (χ0v) is 2.36. The molecule has 4 heavy (non-hydrogen) atoms. The molecule has 2 radical (unpaired) electrons. The average molecular weight is 52.9 g/mol. The second kappa shape index (κ2) is 2.73. The van der Waals surface area contributed by atoms with Gasteiger partial charge in [-0.1, -0.05) is 6.32 Å². The van der Waals surface area contributed by atoms with Crippen LogP contribution in [0.15, 0.2) is 0 Å². The summed E-state index contributed by atoms with van der Waals surface area (Å²) in [6.45, 7) is 0. The predicted octanol–water partition coefficient (Wildman–Crippen LogP) is 0.223. The van der Waals surface area contributed by atoms with E-state index in [9.17, 15) is 0 Å². The van der Waals surface area contributed by atoms with Gasteiger partial charge in [0.2, 0.25) is 0 Å². The highest BCUT2D eigenvalue weighted by Gasteiger charge is 1.48. The Morgan fingerprint density at radius 2 is 2.25 bits per heavy atom. The highest BCUT2D eigenvalue weighted by atomic mass is 14.3. The second-order valence-electron chi connectivity index (χ2n) is 0.440. The Balaban J connectivity index is 2.30. The lowest BCUT2D eigenvalue weighted by molar-refractivity contribution is 1.55. The van der Waals surface area contributed by atoms with E-state index in [1.807, 2.05) is 0 Å². The fourth-order valence-electron chi connectivity index (χ4n) is 0. The van der Waals surface area contributed by atoms with Gasteiger partial charge in [0.1, 0.15) is 0 Å². The van der Waals surface area contributed by atoms with Crippen LogP contribution in [0, 0.1) is 5.41 Å². The molecule has 0 amide bonds. The summed E-state index contributed by atoms with van der Waals surface area (Å²) in [7, 11) is 4.78. The minimum atomic E-state index is 0.361. The Hall–Kier alpha value is -0.265. The Morgan fingerprint density at radius 3 is 2.25 bits per heavy atom. The van der Waals surface area contributed by atoms with Gasteiger partial charge in [-0.05, 0) is 6.21 Å². The minimum absolute atomic E-state index is 0.361. The van der Waals surface area contributed by atoms with E-state index in [4.69, 9.17) is 13.3 Å². The van der Waals surface area contributed by atoms with Crippen LogP contribution in [0.2, 0.25) is 6.32 Å². The van der Waals surface area contributed by atoms with E-state index in [0.29, 0.717) is 6.32 Å². The molecule has 0 atom stereocenters. The van der Waals surface area contributed by atoms with Crippen molar-refractivity contribution < 1.29 is 0 Å². The molecule has 0 saturated heterocycles. The van der Waals surface area contributed by atoms with Crippen LogP contribution in [0.1, 0.15) is 0 Å². The van der Waals surface area contributed by atoms with Crippen molar-refractivity contribution >= 4 is 14.1 Å². The van der Waals surface area contributed by atoms with Crippen molar-refractivity contribution in [3.8, 4) is 0 Å². The van der Waals surface area contributed by atoms with E-state index in [1.54, 1.807) is 0 Å². The molecule has 0 aromatic heterocycles. The van der Waals surface area contributed by atoms with Gasteiger partial charge in [-0.15, -0.1) is 0 Å². The van der Waals surface area contributed by atoms with E-state index < -0.39 is 0 Å². The number of rotatable bonds is 1. The molecule has 0 unspecified atom stereocenters. The Kier molecular flexibility index (Phi) is 2.55. The maximum atomic E-state index is 6.20. The SMILES string of the molecule is [B]CC=N. The van der Waals surface area contributed by atoms with Crippen molar-refractivity contribution in [2.24, 2.45) is 0 Å². The first-order chi connectivity index (χ1) is 1.91. The third-order valence-electron chi connectivity index (χ3n) is 0.118. The highest BCUT2D eigenvalue weighted by Crippen LogP contribution is 1.47. The van der Waals surface area contributed by atoms with Crippen LogP contribution in [-0.4, -0.2) is 14.1 Å². The third-order valence-corrected chi connectivity index (χ3v) is 0.118. The summed E-state index contributed by atoms with van der Waals surface area (Å²) in [4.78, 5) is 0. The molecule has 0 saturated carbocycles. The van der Waals surface area contributed by atoms with Gasteiger partial charge in [0.05, 0.1) is 7.85 Å². The van der Waals surface area contributed by atoms with Crippen molar-refractivity contribution in [2.45, 2.75) is 6.32 Å². The molecule has 0 aromatic rings. The molecule has 0 aromatic carbocycles. The summed E-state index contributed by atoms with van der Waals surface area (Å²) >= 11 is 0. The van der Waals surface area contributed by atoms with Gasteiger partial charge < -0.3 is 5.41 Å². The summed E-state index contributed by atoms with van der Waals surface area (Å²) < 4.78 is 0. The van der Waals surface area contributed by atoms with Crippen LogP contribution in [0.25, 0.3) is 0 Å². The molecule has 0 heterocycles. The van der Waals surface area contributed by atoms with Gasteiger partial charge in [0.15, 0.2) is 0 Å². The quantitative estimate of drug-likeness (QED) is 0.326. The Morgan fingerprint density at radius 1 is 2.00 bits per heavy atom. The molecule has 1 N–H and O–H groups in total. The normalized spacial score (nSPS) is 6.00. The van der Waals surface area contributed by atoms with Crippen molar-refractivity contribution in [3.05, 3.63) is 0 Å². The lowest BCUT2D eigenvalue weighted by Gasteiger charge is -1.55. The summed E-state index contributed by atoms with van der Waals surface area (Å²) in [5.74, 6) is 0. The van der Waals surface area contributed by atoms with E-state index in [2.05, 4.69) is 0 Å². The fourth-order valence-corrected chi connectivity index (χ4v) is 0. The van der Waals surface area contributed by atoms with Crippen LogP contribution in [0.3, 0.4) is 0 Å². The largest absolute Gasteiger partial charge is 0.314 e. The number of hydrogen-bond donors (Lipinski definition) is 1. The summed E-state index contributed by atoms with van der Waals surface area (Å²) in [5, 5.41) is 6.20. The van der Waals surface area contributed by atoms with Gasteiger partial charge in [-0.25, -0.2) is 0 Å². The van der Waals surface area contributed by atoms with Crippen molar-refractivity contribution in [1.29, 1.82) is 5.41 Å². The van der Waals surface area contributed by atoms with Gasteiger partial charge in [-0.3, -0.25) is 0 Å². The molecule has 20 valence electrons. The first kappa shape index (κ1) is 3.73. The fraction of sp³-hybridized carbons (Fsp3) is 0.500. The van der Waals surface area contributed by atoms with Gasteiger partial charge in [0, 0.05) is 0 Å². The molecular formula is C2H4BN. The van der Waals surface area contributed by atoms with E-state index >= 15 is 0 Å². The van der Waals surface area contributed by atoms with Crippen LogP contribution in [0.4, 0.5) is 0 Å². The standard InChI is InChI=1S/C2H4BN/c3-1-2-4/h2,4H,1H2. The van der Waals surface area contributed by atoms with Crippen LogP contribution in [0.5, 0.6) is 0 Å². The monoisotopic (exact) mass is 53.0 g/mol. The Bertz CT molecular complexity index is 20.0. The summed E-state index contributed by atoms with van der Waals surface area (Å²) in [6.07, 6.45) is 1.51. The zero-order chi connectivity index (χ0) is 3.41. The molecule has 0 aliphatic heterocycles. The molecule has 0 fully saturated rings. The van der Waals surface area contributed by atoms with Crippen molar-refractivity contribution in [2.75, 3.05) is 0 Å². The molecule has 0 aliphatic carbocycles. The van der Waals surface area contributed by atoms with E-state index in [0.717, 1.165) is 6.21 Å². The Labute approximate surface area is 26.9 Å². The highest BCUT2D eigenvalue weighted by molar-refractivity contribution is 6.16. The van der Waals surface area contributed by atoms with Gasteiger partial charge in [-0.2, -0.15) is 0 Å². The molecule has 0 spiro atoms. The lowest BCUT2D eigenvalue weighted by atomic mass is 10.1. The first-order valence-corrected chi connectivity index (χ1v) is 1.11. The van der Waals surface area contributed by atoms with Crippen LogP contribution in [-0.2, 0) is 0 Å². The van der Waals surface area contributed by atoms with Crippen LogP contribution >= 0.6 is 0 Å². The smallest absolute Gasteiger partial charge is 0.0729 e. The van der Waals surface area contributed by atoms with E-state index in [1.165, 1.54) is 0 Å². The second-order valence-corrected chi connectivity index (χ2v) is 0.440. The van der Waals surface area contributed by atoms with Crippen molar-refractivity contribution in [1.82, 2.24) is 0 Å². The van der Waals surface area contributed by atoms with Gasteiger partial charge >= 0.3 is 0 Å². The molecule has 0 bridgehead atoms. The van der Waals surface area contributed by atoms with E-state index in [-0.39, 0.29) is 0 Å². The maximum Gasteiger partial charge on any atom is 0.0729 e. The summed E-state index contributed by atoms with van der Waals surface area (Å²) in [5.41, 5.74) is 0. The summed E-state index contributed by atoms with van der Waals surface area (Å²) in [6, 6.07) is 0. The molecule has 2 heteroatoms. The molecular weight excluding hydrogens is 48.8 g/mol. The minimum Gasteiger partial charge on any atom is -0.314 e. The lowest BCUT2D eigenvalue weighted by Crippen LogP contribution is -1.59.